The van der Waals surface area contributed by atoms with Crippen LogP contribution in [0.1, 0.15) is 29.8 Å². The number of nitrogens with zero attached hydrogens (tertiary/aromatic N) is 5. The molecule has 35 heavy (non-hydrogen) atoms. The largest absolute Gasteiger partial charge is 0.342 e. The minimum Gasteiger partial charge on any atom is -0.342 e. The van der Waals surface area contributed by atoms with Gasteiger partial charge in [-0.2, -0.15) is 5.10 Å². The fourth-order valence-electron chi connectivity index (χ4n) is 4.06. The van der Waals surface area contributed by atoms with Gasteiger partial charge in [-0.05, 0) is 37.6 Å². The highest BCUT2D eigenvalue weighted by molar-refractivity contribution is 6.07. The summed E-state index contributed by atoms with van der Waals surface area (Å²) in [5, 5.41) is 5.04. The molecule has 2 amide bonds. The Morgan fingerprint density at radius 2 is 1.74 bits per heavy atom. The van der Waals surface area contributed by atoms with Gasteiger partial charge in [0.1, 0.15) is 5.82 Å². The third kappa shape index (κ3) is 5.21. The van der Waals surface area contributed by atoms with E-state index in [1.54, 1.807) is 35.0 Å². The van der Waals surface area contributed by atoms with Crippen LogP contribution in [0, 0.1) is 5.82 Å². The van der Waals surface area contributed by atoms with Crippen molar-refractivity contribution in [2.75, 3.05) is 26.7 Å². The van der Waals surface area contributed by atoms with Crippen LogP contribution in [-0.2, 0) is 11.3 Å². The molecule has 4 aromatic rings. The molecule has 180 valence electrons. The summed E-state index contributed by atoms with van der Waals surface area (Å²) in [6.45, 7) is 5.27. The van der Waals surface area contributed by atoms with E-state index < -0.39 is 0 Å². The third-order valence-corrected chi connectivity index (χ3v) is 5.97. The second-order valence-corrected chi connectivity index (χ2v) is 8.32. The number of carbonyl (C=O) groups is 2. The van der Waals surface area contributed by atoms with Gasteiger partial charge in [-0.25, -0.2) is 14.1 Å². The van der Waals surface area contributed by atoms with Crippen LogP contribution in [0.15, 0.2) is 66.9 Å². The van der Waals surface area contributed by atoms with Crippen LogP contribution in [-0.4, -0.2) is 63.1 Å². The quantitative estimate of drug-likeness (QED) is 0.384. The summed E-state index contributed by atoms with van der Waals surface area (Å²) < 4.78 is 15.4. The van der Waals surface area contributed by atoms with E-state index in [4.69, 9.17) is 4.98 Å². The van der Waals surface area contributed by atoms with E-state index in [9.17, 15) is 14.0 Å². The highest BCUT2D eigenvalue weighted by Gasteiger charge is 2.23. The maximum Gasteiger partial charge on any atom is 0.254 e. The van der Waals surface area contributed by atoms with E-state index in [0.29, 0.717) is 41.9 Å². The smallest absolute Gasteiger partial charge is 0.254 e. The molecule has 7 nitrogen and oxygen atoms in total. The lowest BCUT2D eigenvalue weighted by molar-refractivity contribution is -0.131. The van der Waals surface area contributed by atoms with Crippen LogP contribution in [0.3, 0.4) is 0 Å². The lowest BCUT2D eigenvalue weighted by atomic mass is 10.1. The Morgan fingerprint density at radius 1 is 1.00 bits per heavy atom. The lowest BCUT2D eigenvalue weighted by Crippen LogP contribution is -2.41. The van der Waals surface area contributed by atoms with Gasteiger partial charge in [0.2, 0.25) is 5.91 Å². The van der Waals surface area contributed by atoms with E-state index in [1.807, 2.05) is 50.2 Å². The SMILES string of the molecule is CCN(CC)C(=O)CN(C)C(=O)c1cc(-c2ccccc2)nc2c1cnn2Cc1cccc(F)c1. The van der Waals surface area contributed by atoms with Gasteiger partial charge in [-0.3, -0.25) is 9.59 Å². The normalized spacial score (nSPS) is 11.0. The Balaban J connectivity index is 1.76. The molecule has 0 bridgehead atoms. The molecule has 0 N–H and O–H groups in total. The number of carbonyl (C=O) groups excluding carboxylic acids is 2. The summed E-state index contributed by atoms with van der Waals surface area (Å²) in [7, 11) is 1.62. The number of hydrogen-bond donors (Lipinski definition) is 0. The molecule has 0 saturated carbocycles. The highest BCUT2D eigenvalue weighted by Crippen LogP contribution is 2.26. The van der Waals surface area contributed by atoms with E-state index in [0.717, 1.165) is 11.1 Å². The minimum atomic E-state index is -0.327. The molecule has 0 atom stereocenters. The Labute approximate surface area is 203 Å². The summed E-state index contributed by atoms with van der Waals surface area (Å²) in [4.78, 5) is 34.1. The number of pyridine rings is 1. The predicted molar refractivity (Wildman–Crippen MR) is 133 cm³/mol. The second kappa shape index (κ2) is 10.5. The van der Waals surface area contributed by atoms with Gasteiger partial charge in [-0.15, -0.1) is 0 Å². The van der Waals surface area contributed by atoms with Crippen LogP contribution in [0.4, 0.5) is 4.39 Å². The molecule has 4 rings (SSSR count). The number of hydrogen-bond acceptors (Lipinski definition) is 4. The molecular weight excluding hydrogens is 445 g/mol. The van der Waals surface area contributed by atoms with E-state index in [2.05, 4.69) is 5.10 Å². The van der Waals surface area contributed by atoms with Gasteiger partial charge in [-0.1, -0.05) is 42.5 Å². The first-order chi connectivity index (χ1) is 16.9. The molecule has 0 aliphatic carbocycles. The molecular formula is C27H28FN5O2. The molecule has 2 aromatic carbocycles. The van der Waals surface area contributed by atoms with Crippen LogP contribution in [0.25, 0.3) is 22.3 Å². The van der Waals surface area contributed by atoms with Gasteiger partial charge in [0.15, 0.2) is 5.65 Å². The molecule has 0 unspecified atom stereocenters. The van der Waals surface area contributed by atoms with Crippen molar-refractivity contribution in [3.63, 3.8) is 0 Å². The zero-order chi connectivity index (χ0) is 24.9. The van der Waals surface area contributed by atoms with Gasteiger partial charge in [0.25, 0.3) is 5.91 Å². The van der Waals surface area contributed by atoms with Crippen molar-refractivity contribution >= 4 is 22.8 Å². The van der Waals surface area contributed by atoms with Crippen molar-refractivity contribution in [2.45, 2.75) is 20.4 Å². The third-order valence-electron chi connectivity index (χ3n) is 5.97. The van der Waals surface area contributed by atoms with Crippen LogP contribution in [0.5, 0.6) is 0 Å². The summed E-state index contributed by atoms with van der Waals surface area (Å²) in [6.07, 6.45) is 1.60. The average molecular weight is 474 g/mol. The number of amides is 2. The summed E-state index contributed by atoms with van der Waals surface area (Å²) in [5.41, 5.74) is 3.13. The molecule has 0 aliphatic heterocycles. The second-order valence-electron chi connectivity index (χ2n) is 8.32. The van der Waals surface area contributed by atoms with Gasteiger partial charge < -0.3 is 9.80 Å². The van der Waals surface area contributed by atoms with Gasteiger partial charge in [0.05, 0.1) is 35.9 Å². The zero-order valence-corrected chi connectivity index (χ0v) is 20.1. The standard InChI is InChI=1S/C27H28FN5O2/c1-4-32(5-2)25(34)18-31(3)27(35)22-15-24(20-11-7-6-8-12-20)30-26-23(22)16-29-33(26)17-19-10-9-13-21(28)14-19/h6-16H,4-5,17-18H2,1-3H3. The number of likely N-dealkylation sites (N-methyl/N-ethyl adjacent to an activating group) is 2. The number of halogens is 1. The number of aromatic nitrogens is 3. The van der Waals surface area contributed by atoms with Gasteiger partial charge in [0, 0.05) is 25.7 Å². The fraction of sp³-hybridized carbons (Fsp3) is 0.259. The molecule has 2 aromatic heterocycles. The maximum absolute atomic E-state index is 13.7. The van der Waals surface area contributed by atoms with Crippen LogP contribution in [0.2, 0.25) is 0 Å². The monoisotopic (exact) mass is 473 g/mol. The molecule has 0 spiro atoms. The first-order valence-electron chi connectivity index (χ1n) is 11.6. The average Bonchev–Trinajstić information content (AvgIpc) is 3.26. The molecule has 0 radical (unpaired) electrons. The molecule has 0 saturated heterocycles. The summed E-state index contributed by atoms with van der Waals surface area (Å²) in [6, 6.07) is 17.6. The first-order valence-corrected chi connectivity index (χ1v) is 11.6. The Hall–Kier alpha value is -4.07. The molecule has 2 heterocycles. The Kier molecular flexibility index (Phi) is 7.19. The van der Waals surface area contributed by atoms with E-state index in [1.165, 1.54) is 17.0 Å². The molecule has 0 fully saturated rings. The fourth-order valence-corrected chi connectivity index (χ4v) is 4.06. The summed E-state index contributed by atoms with van der Waals surface area (Å²) >= 11 is 0. The number of fused-ring (bicyclic) bond motifs is 1. The number of benzene rings is 2. The molecule has 0 aliphatic rings. The van der Waals surface area contributed by atoms with Crippen molar-refractivity contribution in [2.24, 2.45) is 0 Å². The predicted octanol–water partition coefficient (Wildman–Crippen LogP) is 4.23. The minimum absolute atomic E-state index is 0.0254. The van der Waals surface area contributed by atoms with Gasteiger partial charge >= 0.3 is 0 Å². The molecule has 8 heteroatoms. The first kappa shape index (κ1) is 24.1. The summed E-state index contributed by atoms with van der Waals surface area (Å²) in [5.74, 6) is -0.728. The van der Waals surface area contributed by atoms with Crippen molar-refractivity contribution in [3.05, 3.63) is 83.8 Å². The number of rotatable bonds is 8. The van der Waals surface area contributed by atoms with Crippen molar-refractivity contribution < 1.29 is 14.0 Å². The maximum atomic E-state index is 13.7. The topological polar surface area (TPSA) is 71.3 Å². The van der Waals surface area contributed by atoms with E-state index >= 15 is 0 Å². The zero-order valence-electron chi connectivity index (χ0n) is 20.1. The van der Waals surface area contributed by atoms with E-state index in [-0.39, 0.29) is 24.2 Å². The van der Waals surface area contributed by atoms with Crippen LogP contribution >= 0.6 is 0 Å². The highest BCUT2D eigenvalue weighted by atomic mass is 19.1. The van der Waals surface area contributed by atoms with Crippen molar-refractivity contribution in [3.8, 4) is 11.3 Å². The van der Waals surface area contributed by atoms with Crippen molar-refractivity contribution in [1.29, 1.82) is 0 Å². The Bertz CT molecular complexity index is 1350. The van der Waals surface area contributed by atoms with Crippen LogP contribution < -0.4 is 0 Å². The van der Waals surface area contributed by atoms with Crippen molar-refractivity contribution in [1.82, 2.24) is 24.6 Å². The Morgan fingerprint density at radius 3 is 2.43 bits per heavy atom. The lowest BCUT2D eigenvalue weighted by Gasteiger charge is -2.23.